The summed E-state index contributed by atoms with van der Waals surface area (Å²) in [6.45, 7) is 19.7. The zero-order valence-electron chi connectivity index (χ0n) is 12.6. The van der Waals surface area contributed by atoms with Gasteiger partial charge in [0.1, 0.15) is 11.5 Å². The highest BCUT2D eigenvalue weighted by Gasteiger charge is 1.90. The van der Waals surface area contributed by atoms with E-state index in [-0.39, 0.29) is 0 Å². The normalized spacial score (nSPS) is 7.61. The third-order valence-electron chi connectivity index (χ3n) is 1.34. The molecular weight excluding hydrogens is 220 g/mol. The van der Waals surface area contributed by atoms with Crippen LogP contribution in [0.5, 0.6) is 5.75 Å². The molecule has 0 bridgehead atoms. The van der Waals surface area contributed by atoms with Crippen LogP contribution in [0.25, 0.3) is 0 Å². The minimum absolute atomic E-state index is 0.656. The molecule has 1 aromatic carbocycles. The molecule has 0 atom stereocenters. The average molecular weight is 248 g/mol. The van der Waals surface area contributed by atoms with Crippen molar-refractivity contribution in [2.75, 3.05) is 0 Å². The van der Waals surface area contributed by atoms with Gasteiger partial charge in [-0.05, 0) is 25.1 Å². The van der Waals surface area contributed by atoms with E-state index in [0.29, 0.717) is 5.76 Å². The van der Waals surface area contributed by atoms with E-state index in [0.717, 1.165) is 5.75 Å². The Balaban J connectivity index is -0.000000328. The lowest BCUT2D eigenvalue weighted by molar-refractivity contribution is 0.447. The number of ether oxygens (including phenoxy) is 1. The van der Waals surface area contributed by atoms with Gasteiger partial charge in [0.2, 0.25) is 0 Å². The van der Waals surface area contributed by atoms with Crippen LogP contribution in [-0.4, -0.2) is 0 Å². The van der Waals surface area contributed by atoms with Crippen LogP contribution in [0.15, 0.2) is 68.0 Å². The summed E-state index contributed by atoms with van der Waals surface area (Å²) in [5.41, 5.74) is 0. The van der Waals surface area contributed by atoms with Crippen molar-refractivity contribution in [1.82, 2.24) is 0 Å². The first-order chi connectivity index (χ1) is 8.83. The van der Waals surface area contributed by atoms with Crippen molar-refractivity contribution in [2.24, 2.45) is 0 Å². The molecule has 0 saturated heterocycles. The van der Waals surface area contributed by atoms with Gasteiger partial charge in [-0.25, -0.2) is 0 Å². The summed E-state index contributed by atoms with van der Waals surface area (Å²) >= 11 is 0. The third-order valence-corrected chi connectivity index (χ3v) is 1.34. The van der Waals surface area contributed by atoms with Crippen molar-refractivity contribution in [3.05, 3.63) is 68.0 Å². The molecule has 0 saturated carbocycles. The summed E-state index contributed by atoms with van der Waals surface area (Å²) in [7, 11) is 0. The van der Waals surface area contributed by atoms with Crippen LogP contribution in [0.2, 0.25) is 0 Å². The van der Waals surface area contributed by atoms with E-state index >= 15 is 0 Å². The fourth-order valence-electron chi connectivity index (χ4n) is 0.860. The number of benzene rings is 1. The molecule has 0 unspecified atom stereocenters. The SMILES string of the molecule is C=C.C=C(/C=C\C)Oc1ccccc1.CC.CC. The maximum Gasteiger partial charge on any atom is 0.127 e. The molecule has 1 nitrogen and oxygen atoms in total. The first-order valence-electron chi connectivity index (χ1n) is 6.37. The van der Waals surface area contributed by atoms with Crippen LogP contribution in [0.3, 0.4) is 0 Å². The molecule has 0 spiro atoms. The molecule has 1 heteroatoms. The summed E-state index contributed by atoms with van der Waals surface area (Å²) in [5.74, 6) is 1.48. The van der Waals surface area contributed by atoms with E-state index in [1.807, 2.05) is 77.1 Å². The van der Waals surface area contributed by atoms with Crippen molar-refractivity contribution < 1.29 is 4.74 Å². The number of para-hydroxylation sites is 1. The largest absolute Gasteiger partial charge is 0.458 e. The van der Waals surface area contributed by atoms with Gasteiger partial charge < -0.3 is 4.74 Å². The number of hydrogen-bond acceptors (Lipinski definition) is 1. The van der Waals surface area contributed by atoms with Gasteiger partial charge in [0.15, 0.2) is 0 Å². The lowest BCUT2D eigenvalue weighted by Crippen LogP contribution is -1.88. The minimum Gasteiger partial charge on any atom is -0.458 e. The molecule has 18 heavy (non-hydrogen) atoms. The fraction of sp³-hybridized carbons (Fsp3) is 0.294. The highest BCUT2D eigenvalue weighted by molar-refractivity contribution is 5.25. The number of rotatable bonds is 3. The molecular formula is C17H28O. The first kappa shape index (κ1) is 21.5. The molecule has 0 aliphatic carbocycles. The second-order valence-corrected chi connectivity index (χ2v) is 2.38. The van der Waals surface area contributed by atoms with Crippen molar-refractivity contribution in [1.29, 1.82) is 0 Å². The third kappa shape index (κ3) is 14.2. The predicted octanol–water partition coefficient (Wildman–Crippen LogP) is 6.01. The van der Waals surface area contributed by atoms with E-state index in [1.54, 1.807) is 0 Å². The van der Waals surface area contributed by atoms with Crippen LogP contribution >= 0.6 is 0 Å². The van der Waals surface area contributed by atoms with E-state index in [9.17, 15) is 0 Å². The minimum atomic E-state index is 0.656. The lowest BCUT2D eigenvalue weighted by atomic mass is 10.3. The van der Waals surface area contributed by atoms with E-state index in [1.165, 1.54) is 0 Å². The Morgan fingerprint density at radius 2 is 1.44 bits per heavy atom. The second kappa shape index (κ2) is 20.6. The molecule has 0 aliphatic heterocycles. The van der Waals surface area contributed by atoms with Gasteiger partial charge in [-0.15, -0.1) is 13.2 Å². The second-order valence-electron chi connectivity index (χ2n) is 2.38. The molecule has 1 rings (SSSR count). The van der Waals surface area contributed by atoms with Gasteiger partial charge in [-0.2, -0.15) is 0 Å². The molecule has 102 valence electrons. The Labute approximate surface area is 114 Å². The average Bonchev–Trinajstić information content (AvgIpc) is 2.47. The summed E-state index contributed by atoms with van der Waals surface area (Å²) in [6, 6.07) is 9.60. The quantitative estimate of drug-likeness (QED) is 0.361. The highest BCUT2D eigenvalue weighted by atomic mass is 16.5. The zero-order chi connectivity index (χ0) is 14.8. The fourth-order valence-corrected chi connectivity index (χ4v) is 0.860. The molecule has 0 aromatic heterocycles. The first-order valence-corrected chi connectivity index (χ1v) is 6.37. The van der Waals surface area contributed by atoms with Crippen molar-refractivity contribution in [3.8, 4) is 5.75 Å². The summed E-state index contributed by atoms with van der Waals surface area (Å²) < 4.78 is 5.37. The maximum atomic E-state index is 5.37. The van der Waals surface area contributed by atoms with Gasteiger partial charge in [0, 0.05) is 0 Å². The molecule has 0 radical (unpaired) electrons. The Morgan fingerprint density at radius 3 is 1.83 bits per heavy atom. The van der Waals surface area contributed by atoms with Gasteiger partial charge in [0.05, 0.1) is 0 Å². The smallest absolute Gasteiger partial charge is 0.127 e. The van der Waals surface area contributed by atoms with Gasteiger partial charge >= 0.3 is 0 Å². The molecule has 0 N–H and O–H groups in total. The predicted molar refractivity (Wildman–Crippen MR) is 85.0 cm³/mol. The van der Waals surface area contributed by atoms with Gasteiger partial charge in [0.25, 0.3) is 0 Å². The molecule has 0 heterocycles. The monoisotopic (exact) mass is 248 g/mol. The van der Waals surface area contributed by atoms with E-state index < -0.39 is 0 Å². The van der Waals surface area contributed by atoms with Crippen LogP contribution in [0.1, 0.15) is 34.6 Å². The molecule has 0 amide bonds. The summed E-state index contributed by atoms with van der Waals surface area (Å²) in [5, 5.41) is 0. The molecule has 0 aliphatic rings. The maximum absolute atomic E-state index is 5.37. The Bertz CT molecular complexity index is 286. The lowest BCUT2D eigenvalue weighted by Gasteiger charge is -2.03. The number of allylic oxidation sites excluding steroid dienone is 2. The van der Waals surface area contributed by atoms with Crippen molar-refractivity contribution in [2.45, 2.75) is 34.6 Å². The standard InChI is InChI=1S/C11H12O.2C2H6.C2H4/c1-3-7-10(2)12-11-8-5-4-6-9-11;3*1-2/h3-9H,2H2,1H3;2*1-2H3;1-2H2/b7-3-;;;. The van der Waals surface area contributed by atoms with E-state index in [2.05, 4.69) is 19.7 Å². The molecule has 1 aromatic rings. The van der Waals surface area contributed by atoms with Crippen LogP contribution < -0.4 is 4.74 Å². The van der Waals surface area contributed by atoms with Crippen molar-refractivity contribution >= 4 is 0 Å². The number of hydrogen-bond donors (Lipinski definition) is 0. The van der Waals surface area contributed by atoms with Crippen LogP contribution in [0, 0.1) is 0 Å². The van der Waals surface area contributed by atoms with Crippen LogP contribution in [0.4, 0.5) is 0 Å². The Hall–Kier alpha value is -1.76. The van der Waals surface area contributed by atoms with Gasteiger partial charge in [-0.3, -0.25) is 0 Å². The summed E-state index contributed by atoms with van der Waals surface area (Å²) in [4.78, 5) is 0. The van der Waals surface area contributed by atoms with E-state index in [4.69, 9.17) is 4.74 Å². The van der Waals surface area contributed by atoms with Crippen molar-refractivity contribution in [3.63, 3.8) is 0 Å². The Kier molecular flexibility index (Phi) is 24.7. The zero-order valence-corrected chi connectivity index (χ0v) is 12.6. The van der Waals surface area contributed by atoms with Gasteiger partial charge in [-0.1, -0.05) is 58.5 Å². The summed E-state index contributed by atoms with van der Waals surface area (Å²) in [6.07, 6.45) is 3.72. The van der Waals surface area contributed by atoms with Crippen LogP contribution in [-0.2, 0) is 0 Å². The Morgan fingerprint density at radius 1 is 1.00 bits per heavy atom. The highest BCUT2D eigenvalue weighted by Crippen LogP contribution is 2.11. The topological polar surface area (TPSA) is 9.23 Å². The molecule has 0 fully saturated rings.